The fraction of sp³-hybridized carbons (Fsp3) is 0.875. The first-order valence-electron chi connectivity index (χ1n) is 4.05. The molecule has 4 nitrogen and oxygen atoms in total. The maximum atomic E-state index is 10.5. The van der Waals surface area contributed by atoms with Gasteiger partial charge < -0.3 is 14.9 Å². The van der Waals surface area contributed by atoms with Gasteiger partial charge in [0.25, 0.3) is 0 Å². The first kappa shape index (κ1) is 9.48. The maximum Gasteiger partial charge on any atom is 0.333 e. The molecule has 1 heterocycles. The zero-order valence-electron chi connectivity index (χ0n) is 7.12. The molecule has 1 rings (SSSR count). The van der Waals surface area contributed by atoms with Gasteiger partial charge >= 0.3 is 5.97 Å². The van der Waals surface area contributed by atoms with Gasteiger partial charge in [0, 0.05) is 18.6 Å². The summed E-state index contributed by atoms with van der Waals surface area (Å²) in [5.41, 5.74) is -0.510. The summed E-state index contributed by atoms with van der Waals surface area (Å²) in [6.45, 7) is 2.87. The molecule has 0 bridgehead atoms. The van der Waals surface area contributed by atoms with E-state index in [1.165, 1.54) is 0 Å². The van der Waals surface area contributed by atoms with E-state index in [0.29, 0.717) is 26.1 Å². The van der Waals surface area contributed by atoms with Crippen LogP contribution in [-0.2, 0) is 9.53 Å². The first-order valence-corrected chi connectivity index (χ1v) is 4.05. The Hall–Kier alpha value is -0.610. The van der Waals surface area contributed by atoms with Crippen LogP contribution in [0.1, 0.15) is 19.8 Å². The molecular weight excluding hydrogens is 160 g/mol. The van der Waals surface area contributed by atoms with E-state index in [-0.39, 0.29) is 0 Å². The topological polar surface area (TPSA) is 66.8 Å². The molecule has 0 saturated carbocycles. The molecule has 70 valence electrons. The maximum absolute atomic E-state index is 10.5. The van der Waals surface area contributed by atoms with Gasteiger partial charge in [-0.3, -0.25) is 0 Å². The summed E-state index contributed by atoms with van der Waals surface area (Å²) in [6.07, 6.45) is -0.0394. The largest absolute Gasteiger partial charge is 0.479 e. The molecule has 0 aromatic carbocycles. The van der Waals surface area contributed by atoms with E-state index in [4.69, 9.17) is 9.84 Å². The van der Waals surface area contributed by atoms with Crippen LogP contribution in [0.15, 0.2) is 0 Å². The Morgan fingerprint density at radius 1 is 1.50 bits per heavy atom. The van der Waals surface area contributed by atoms with Crippen molar-refractivity contribution in [3.63, 3.8) is 0 Å². The van der Waals surface area contributed by atoms with E-state index in [0.717, 1.165) is 0 Å². The quantitative estimate of drug-likeness (QED) is 0.629. The molecule has 2 N–H and O–H groups in total. The van der Waals surface area contributed by atoms with Crippen LogP contribution in [0.5, 0.6) is 0 Å². The molecule has 0 spiro atoms. The standard InChI is InChI=1S/C8H14O4/c1-8(6(9)7(10)11)2-4-12-5-3-8/h6,9H,2-5H2,1H3,(H,10,11). The van der Waals surface area contributed by atoms with E-state index < -0.39 is 17.5 Å². The molecule has 0 aliphatic carbocycles. The summed E-state index contributed by atoms with van der Waals surface area (Å²) in [5, 5.41) is 18.0. The molecule has 12 heavy (non-hydrogen) atoms. The van der Waals surface area contributed by atoms with Gasteiger partial charge in [0.2, 0.25) is 0 Å². The van der Waals surface area contributed by atoms with Gasteiger partial charge in [-0.15, -0.1) is 0 Å². The highest BCUT2D eigenvalue weighted by Crippen LogP contribution is 2.33. The van der Waals surface area contributed by atoms with E-state index in [2.05, 4.69) is 0 Å². The highest BCUT2D eigenvalue weighted by molar-refractivity contribution is 5.73. The number of carbonyl (C=O) groups is 1. The third kappa shape index (κ3) is 1.76. The number of hydrogen-bond donors (Lipinski definition) is 2. The number of aliphatic carboxylic acids is 1. The van der Waals surface area contributed by atoms with E-state index in [9.17, 15) is 9.90 Å². The Bertz CT molecular complexity index is 172. The van der Waals surface area contributed by atoms with Crippen molar-refractivity contribution in [1.29, 1.82) is 0 Å². The summed E-state index contributed by atoms with van der Waals surface area (Å²) in [5.74, 6) is -1.14. The van der Waals surface area contributed by atoms with Gasteiger partial charge in [0.1, 0.15) is 0 Å². The fourth-order valence-corrected chi connectivity index (χ4v) is 1.41. The molecule has 1 aliphatic heterocycles. The van der Waals surface area contributed by atoms with Crippen LogP contribution in [-0.4, -0.2) is 35.5 Å². The number of carboxylic acids is 1. The normalized spacial score (nSPS) is 24.8. The minimum Gasteiger partial charge on any atom is -0.479 e. The van der Waals surface area contributed by atoms with E-state index in [1.807, 2.05) is 0 Å². The van der Waals surface area contributed by atoms with Gasteiger partial charge in [-0.25, -0.2) is 4.79 Å². The lowest BCUT2D eigenvalue weighted by Crippen LogP contribution is -2.42. The summed E-state index contributed by atoms with van der Waals surface area (Å²) in [7, 11) is 0. The lowest BCUT2D eigenvalue weighted by atomic mass is 9.77. The van der Waals surface area contributed by atoms with Crippen molar-refractivity contribution in [1.82, 2.24) is 0 Å². The summed E-state index contributed by atoms with van der Waals surface area (Å²) in [4.78, 5) is 10.5. The SMILES string of the molecule is CC1(C(O)C(=O)O)CCOCC1. The molecule has 0 amide bonds. The Kier molecular flexibility index (Phi) is 2.69. The molecule has 1 fully saturated rings. The Morgan fingerprint density at radius 2 is 2.00 bits per heavy atom. The first-order chi connectivity index (χ1) is 5.56. The smallest absolute Gasteiger partial charge is 0.333 e. The third-order valence-corrected chi connectivity index (χ3v) is 2.53. The molecule has 1 saturated heterocycles. The predicted octanol–water partition coefficient (Wildman–Crippen LogP) is 0.249. The van der Waals surface area contributed by atoms with Gasteiger partial charge in [-0.2, -0.15) is 0 Å². The number of ether oxygens (including phenoxy) is 1. The van der Waals surface area contributed by atoms with Gasteiger partial charge in [-0.05, 0) is 12.8 Å². The number of aliphatic hydroxyl groups is 1. The van der Waals surface area contributed by atoms with Crippen LogP contribution in [0.25, 0.3) is 0 Å². The lowest BCUT2D eigenvalue weighted by Gasteiger charge is -2.35. The number of carboxylic acid groups (broad SMARTS) is 1. The van der Waals surface area contributed by atoms with Gasteiger partial charge in [0.15, 0.2) is 6.10 Å². The Labute approximate surface area is 71.2 Å². The van der Waals surface area contributed by atoms with Gasteiger partial charge in [-0.1, -0.05) is 6.92 Å². The Balaban J connectivity index is 2.62. The Morgan fingerprint density at radius 3 is 2.42 bits per heavy atom. The molecule has 4 heteroatoms. The number of aliphatic hydroxyl groups excluding tert-OH is 1. The van der Waals surface area contributed by atoms with Crippen molar-refractivity contribution in [3.8, 4) is 0 Å². The zero-order valence-corrected chi connectivity index (χ0v) is 7.12. The monoisotopic (exact) mass is 174 g/mol. The molecular formula is C8H14O4. The minimum absolute atomic E-state index is 0.510. The second kappa shape index (κ2) is 3.41. The van der Waals surface area contributed by atoms with Gasteiger partial charge in [0.05, 0.1) is 0 Å². The fourth-order valence-electron chi connectivity index (χ4n) is 1.41. The average Bonchev–Trinajstić information content (AvgIpc) is 2.04. The van der Waals surface area contributed by atoms with Crippen molar-refractivity contribution in [2.75, 3.05) is 13.2 Å². The molecule has 1 unspecified atom stereocenters. The average molecular weight is 174 g/mol. The second-order valence-electron chi connectivity index (χ2n) is 3.51. The summed E-state index contributed by atoms with van der Waals surface area (Å²) in [6, 6.07) is 0. The summed E-state index contributed by atoms with van der Waals surface area (Å²) < 4.78 is 5.09. The van der Waals surface area contributed by atoms with E-state index >= 15 is 0 Å². The second-order valence-corrected chi connectivity index (χ2v) is 3.51. The molecule has 0 aromatic rings. The highest BCUT2D eigenvalue weighted by atomic mass is 16.5. The number of rotatable bonds is 2. The third-order valence-electron chi connectivity index (χ3n) is 2.53. The molecule has 1 aliphatic rings. The molecule has 1 atom stereocenters. The zero-order chi connectivity index (χ0) is 9.19. The van der Waals surface area contributed by atoms with Crippen LogP contribution >= 0.6 is 0 Å². The highest BCUT2D eigenvalue weighted by Gasteiger charge is 2.39. The van der Waals surface area contributed by atoms with Crippen molar-refractivity contribution in [3.05, 3.63) is 0 Å². The lowest BCUT2D eigenvalue weighted by molar-refractivity contribution is -0.158. The van der Waals surface area contributed by atoms with Crippen LogP contribution < -0.4 is 0 Å². The van der Waals surface area contributed by atoms with Crippen LogP contribution in [0.4, 0.5) is 0 Å². The van der Waals surface area contributed by atoms with Crippen molar-refractivity contribution < 1.29 is 19.7 Å². The van der Waals surface area contributed by atoms with Crippen molar-refractivity contribution in [2.24, 2.45) is 5.41 Å². The summed E-state index contributed by atoms with van der Waals surface area (Å²) >= 11 is 0. The number of hydrogen-bond acceptors (Lipinski definition) is 3. The minimum atomic E-state index is -1.26. The predicted molar refractivity (Wildman–Crippen MR) is 41.8 cm³/mol. The van der Waals surface area contributed by atoms with Crippen molar-refractivity contribution >= 4 is 5.97 Å². The molecule has 0 radical (unpaired) electrons. The molecule has 0 aromatic heterocycles. The van der Waals surface area contributed by atoms with Crippen LogP contribution in [0.3, 0.4) is 0 Å². The van der Waals surface area contributed by atoms with Crippen molar-refractivity contribution in [2.45, 2.75) is 25.9 Å². The van der Waals surface area contributed by atoms with Crippen LogP contribution in [0.2, 0.25) is 0 Å². The van der Waals surface area contributed by atoms with E-state index in [1.54, 1.807) is 6.92 Å². The van der Waals surface area contributed by atoms with Crippen LogP contribution in [0, 0.1) is 5.41 Å².